The van der Waals surface area contributed by atoms with E-state index in [4.69, 9.17) is 40.5 Å². The molecule has 0 bridgehead atoms. The molecule has 2 aromatic carbocycles. The lowest BCUT2D eigenvalue weighted by Crippen LogP contribution is -2.40. The van der Waals surface area contributed by atoms with Gasteiger partial charge in [0.25, 0.3) is 5.91 Å². The molecule has 0 unspecified atom stereocenters. The van der Waals surface area contributed by atoms with Gasteiger partial charge in [0.2, 0.25) is 0 Å². The number of anilines is 2. The lowest BCUT2D eigenvalue weighted by Gasteiger charge is -2.30. The zero-order valence-corrected chi connectivity index (χ0v) is 18.4. The molecule has 1 aliphatic rings. The number of nitrogens with zero attached hydrogens (tertiary/aromatic N) is 1. The Hall–Kier alpha value is -2.21. The first-order chi connectivity index (χ1) is 14.4. The molecule has 4 N–H and O–H groups in total. The SMILES string of the molecule is Nc1cc(NC2CCC(NC(=O)c3cc(Cl)cc(Cl)c3)CC2)c2ccc(Cl)cc2n1. The van der Waals surface area contributed by atoms with Crippen molar-refractivity contribution in [1.29, 1.82) is 0 Å². The molecule has 1 amide bonds. The minimum atomic E-state index is -0.152. The van der Waals surface area contributed by atoms with Gasteiger partial charge in [-0.15, -0.1) is 0 Å². The third kappa shape index (κ3) is 4.91. The van der Waals surface area contributed by atoms with Gasteiger partial charge in [0.05, 0.1) is 5.52 Å². The van der Waals surface area contributed by atoms with Crippen molar-refractivity contribution >= 4 is 63.1 Å². The molecule has 0 aliphatic heterocycles. The van der Waals surface area contributed by atoms with E-state index in [1.807, 2.05) is 24.3 Å². The summed E-state index contributed by atoms with van der Waals surface area (Å²) in [5.74, 6) is 0.300. The molecule has 0 spiro atoms. The van der Waals surface area contributed by atoms with Gasteiger partial charge in [-0.05, 0) is 62.1 Å². The molecule has 3 aromatic rings. The summed E-state index contributed by atoms with van der Waals surface area (Å²) in [7, 11) is 0. The van der Waals surface area contributed by atoms with Crippen LogP contribution in [0.5, 0.6) is 0 Å². The first kappa shape index (κ1) is 21.0. The van der Waals surface area contributed by atoms with Gasteiger partial charge in [0.1, 0.15) is 5.82 Å². The van der Waals surface area contributed by atoms with Gasteiger partial charge in [0, 0.05) is 49.9 Å². The van der Waals surface area contributed by atoms with Crippen LogP contribution in [0.1, 0.15) is 36.0 Å². The van der Waals surface area contributed by atoms with Crippen molar-refractivity contribution in [2.24, 2.45) is 0 Å². The van der Waals surface area contributed by atoms with E-state index in [9.17, 15) is 4.79 Å². The Bertz CT molecular complexity index is 1070. The van der Waals surface area contributed by atoms with Crippen LogP contribution >= 0.6 is 34.8 Å². The van der Waals surface area contributed by atoms with Crippen molar-refractivity contribution in [3.8, 4) is 0 Å². The molecule has 156 valence electrons. The number of pyridine rings is 1. The Morgan fingerprint density at radius 2 is 1.57 bits per heavy atom. The number of halogens is 3. The maximum absolute atomic E-state index is 12.5. The summed E-state index contributed by atoms with van der Waals surface area (Å²) in [5, 5.41) is 9.20. The van der Waals surface area contributed by atoms with Crippen LogP contribution in [-0.2, 0) is 0 Å². The normalized spacial score (nSPS) is 18.9. The lowest BCUT2D eigenvalue weighted by atomic mass is 9.90. The zero-order valence-electron chi connectivity index (χ0n) is 16.1. The first-order valence-electron chi connectivity index (χ1n) is 9.76. The molecule has 0 radical (unpaired) electrons. The number of aromatic nitrogens is 1. The Labute approximate surface area is 189 Å². The fourth-order valence-electron chi connectivity index (χ4n) is 3.90. The van der Waals surface area contributed by atoms with Crippen molar-refractivity contribution < 1.29 is 4.79 Å². The van der Waals surface area contributed by atoms with Crippen LogP contribution < -0.4 is 16.4 Å². The van der Waals surface area contributed by atoms with Crippen LogP contribution in [0.4, 0.5) is 11.5 Å². The molecule has 5 nitrogen and oxygen atoms in total. The van der Waals surface area contributed by atoms with Gasteiger partial charge in [-0.3, -0.25) is 4.79 Å². The second-order valence-corrected chi connectivity index (χ2v) is 8.89. The van der Waals surface area contributed by atoms with Gasteiger partial charge < -0.3 is 16.4 Å². The van der Waals surface area contributed by atoms with Crippen LogP contribution in [0.25, 0.3) is 10.9 Å². The fourth-order valence-corrected chi connectivity index (χ4v) is 4.59. The number of carbonyl (C=O) groups is 1. The van der Waals surface area contributed by atoms with Crippen molar-refractivity contribution in [3.05, 3.63) is 63.1 Å². The molecule has 0 atom stereocenters. The van der Waals surface area contributed by atoms with Crippen molar-refractivity contribution in [2.75, 3.05) is 11.1 Å². The predicted octanol–water partition coefficient (Wildman–Crippen LogP) is 5.93. The van der Waals surface area contributed by atoms with Gasteiger partial charge >= 0.3 is 0 Å². The molecule has 1 aromatic heterocycles. The molecule has 1 aliphatic carbocycles. The minimum absolute atomic E-state index is 0.117. The van der Waals surface area contributed by atoms with Crippen molar-refractivity contribution in [2.45, 2.75) is 37.8 Å². The quantitative estimate of drug-likeness (QED) is 0.448. The molecule has 30 heavy (non-hydrogen) atoms. The van der Waals surface area contributed by atoms with Gasteiger partial charge in [-0.1, -0.05) is 34.8 Å². The van der Waals surface area contributed by atoms with E-state index < -0.39 is 0 Å². The number of hydrogen-bond acceptors (Lipinski definition) is 4. The van der Waals surface area contributed by atoms with Crippen LogP contribution in [0.3, 0.4) is 0 Å². The molecule has 1 fully saturated rings. The number of hydrogen-bond donors (Lipinski definition) is 3. The molecular formula is C22H21Cl3N4O. The topological polar surface area (TPSA) is 80.0 Å². The Kier molecular flexibility index (Phi) is 6.23. The maximum Gasteiger partial charge on any atom is 0.251 e. The third-order valence-corrected chi connectivity index (χ3v) is 6.01. The summed E-state index contributed by atoms with van der Waals surface area (Å²) in [5.41, 5.74) is 8.17. The summed E-state index contributed by atoms with van der Waals surface area (Å²) >= 11 is 18.1. The third-order valence-electron chi connectivity index (χ3n) is 5.34. The second kappa shape index (κ2) is 8.88. The van der Waals surface area contributed by atoms with Gasteiger partial charge in [-0.25, -0.2) is 4.98 Å². The number of nitrogen functional groups attached to an aromatic ring is 1. The second-order valence-electron chi connectivity index (χ2n) is 7.58. The van der Waals surface area contributed by atoms with Gasteiger partial charge in [0.15, 0.2) is 0 Å². The highest BCUT2D eigenvalue weighted by molar-refractivity contribution is 6.35. The monoisotopic (exact) mass is 462 g/mol. The van der Waals surface area contributed by atoms with Crippen LogP contribution in [0.15, 0.2) is 42.5 Å². The molecular weight excluding hydrogens is 443 g/mol. The standard InChI is InChI=1S/C22H21Cl3N4O/c23-13-1-6-18-19(10-13)29-21(26)11-20(18)27-16-2-4-17(5-3-16)28-22(30)12-7-14(24)9-15(25)8-12/h1,6-11,16-17H,2-5H2,(H,28,30)(H3,26,27,29). The number of fused-ring (bicyclic) bond motifs is 1. The number of carbonyl (C=O) groups excluding carboxylic acids is 1. The summed E-state index contributed by atoms with van der Waals surface area (Å²) in [6, 6.07) is 12.7. The van der Waals surface area contributed by atoms with Crippen molar-refractivity contribution in [1.82, 2.24) is 10.3 Å². The molecule has 0 saturated heterocycles. The Morgan fingerprint density at radius 3 is 2.27 bits per heavy atom. The smallest absolute Gasteiger partial charge is 0.251 e. The number of benzene rings is 2. The van der Waals surface area contributed by atoms with E-state index in [2.05, 4.69) is 15.6 Å². The lowest BCUT2D eigenvalue weighted by molar-refractivity contribution is 0.0926. The largest absolute Gasteiger partial charge is 0.384 e. The van der Waals surface area contributed by atoms with E-state index in [0.29, 0.717) is 32.5 Å². The van der Waals surface area contributed by atoms with E-state index in [1.54, 1.807) is 18.2 Å². The Morgan fingerprint density at radius 1 is 0.900 bits per heavy atom. The summed E-state index contributed by atoms with van der Waals surface area (Å²) in [6.45, 7) is 0. The fraction of sp³-hybridized carbons (Fsp3) is 0.273. The predicted molar refractivity (Wildman–Crippen MR) is 125 cm³/mol. The molecule has 1 heterocycles. The Balaban J connectivity index is 1.38. The molecule has 4 rings (SSSR count). The highest BCUT2D eigenvalue weighted by Crippen LogP contribution is 2.30. The van der Waals surface area contributed by atoms with E-state index >= 15 is 0 Å². The van der Waals surface area contributed by atoms with Crippen LogP contribution in [-0.4, -0.2) is 23.0 Å². The molecule has 8 heteroatoms. The number of rotatable bonds is 4. The van der Waals surface area contributed by atoms with E-state index in [-0.39, 0.29) is 11.9 Å². The summed E-state index contributed by atoms with van der Waals surface area (Å²) in [6.07, 6.45) is 3.61. The van der Waals surface area contributed by atoms with E-state index in [0.717, 1.165) is 42.3 Å². The first-order valence-corrected chi connectivity index (χ1v) is 10.9. The average Bonchev–Trinajstić information content (AvgIpc) is 2.68. The van der Waals surface area contributed by atoms with E-state index in [1.165, 1.54) is 0 Å². The number of nitrogens with one attached hydrogen (secondary N) is 2. The van der Waals surface area contributed by atoms with Crippen molar-refractivity contribution in [3.63, 3.8) is 0 Å². The number of nitrogens with two attached hydrogens (primary N) is 1. The minimum Gasteiger partial charge on any atom is -0.384 e. The highest BCUT2D eigenvalue weighted by Gasteiger charge is 2.23. The van der Waals surface area contributed by atoms with Crippen LogP contribution in [0.2, 0.25) is 15.1 Å². The summed E-state index contributed by atoms with van der Waals surface area (Å²) < 4.78 is 0. The molecule has 1 saturated carbocycles. The average molecular weight is 464 g/mol. The summed E-state index contributed by atoms with van der Waals surface area (Å²) in [4.78, 5) is 16.9. The van der Waals surface area contributed by atoms with Gasteiger partial charge in [-0.2, -0.15) is 0 Å². The highest BCUT2D eigenvalue weighted by atomic mass is 35.5. The van der Waals surface area contributed by atoms with Crippen LogP contribution in [0, 0.1) is 0 Å². The number of amides is 1. The maximum atomic E-state index is 12.5. The zero-order chi connectivity index (χ0) is 21.3.